The molecule has 2 aromatic heterocycles. The van der Waals surface area contributed by atoms with Gasteiger partial charge in [-0.05, 0) is 30.3 Å². The van der Waals surface area contributed by atoms with E-state index in [1.165, 1.54) is 6.20 Å². The standard InChI is InChI=1S/C14H8Cl2N2O2/c15-8-1-3-9(4-2-8)20-12-6-5-10-11(19)7-17-14(16)13(10)18-12/h1-7,19H. The summed E-state index contributed by atoms with van der Waals surface area (Å²) in [5.41, 5.74) is 0.387. The fourth-order valence-electron chi connectivity index (χ4n) is 1.73. The lowest BCUT2D eigenvalue weighted by Gasteiger charge is -2.07. The highest BCUT2D eigenvalue weighted by atomic mass is 35.5. The van der Waals surface area contributed by atoms with Gasteiger partial charge in [0.05, 0.1) is 6.20 Å². The lowest BCUT2D eigenvalue weighted by molar-refractivity contribution is 0.464. The van der Waals surface area contributed by atoms with E-state index in [2.05, 4.69) is 9.97 Å². The number of benzene rings is 1. The molecule has 1 aromatic carbocycles. The first-order chi connectivity index (χ1) is 9.63. The Bertz CT molecular complexity index is 776. The third-order valence-electron chi connectivity index (χ3n) is 2.68. The zero-order valence-electron chi connectivity index (χ0n) is 10.0. The van der Waals surface area contributed by atoms with Crippen LogP contribution < -0.4 is 4.74 Å². The van der Waals surface area contributed by atoms with Crippen molar-refractivity contribution in [1.82, 2.24) is 9.97 Å². The number of pyridine rings is 2. The van der Waals surface area contributed by atoms with Crippen molar-refractivity contribution in [3.63, 3.8) is 0 Å². The van der Waals surface area contributed by atoms with E-state index in [1.54, 1.807) is 36.4 Å². The van der Waals surface area contributed by atoms with Crippen LogP contribution in [0.2, 0.25) is 10.2 Å². The van der Waals surface area contributed by atoms with Gasteiger partial charge in [0.15, 0.2) is 5.15 Å². The van der Waals surface area contributed by atoms with E-state index in [0.29, 0.717) is 27.6 Å². The SMILES string of the molecule is Oc1cnc(Cl)c2nc(Oc3ccc(Cl)cc3)ccc12. The van der Waals surface area contributed by atoms with Crippen LogP contribution in [0.3, 0.4) is 0 Å². The van der Waals surface area contributed by atoms with Gasteiger partial charge in [0.25, 0.3) is 0 Å². The Hall–Kier alpha value is -2.04. The molecule has 3 aromatic rings. The van der Waals surface area contributed by atoms with Crippen molar-refractivity contribution in [1.29, 1.82) is 0 Å². The molecule has 0 atom stereocenters. The van der Waals surface area contributed by atoms with Crippen molar-refractivity contribution >= 4 is 34.1 Å². The fourth-order valence-corrected chi connectivity index (χ4v) is 2.05. The highest BCUT2D eigenvalue weighted by Crippen LogP contribution is 2.30. The van der Waals surface area contributed by atoms with E-state index in [9.17, 15) is 5.11 Å². The molecule has 6 heteroatoms. The number of aromatic hydroxyl groups is 1. The van der Waals surface area contributed by atoms with Crippen molar-refractivity contribution < 1.29 is 9.84 Å². The zero-order valence-corrected chi connectivity index (χ0v) is 11.6. The Labute approximate surface area is 124 Å². The maximum atomic E-state index is 9.69. The van der Waals surface area contributed by atoms with Crippen LogP contribution in [0.15, 0.2) is 42.6 Å². The Balaban J connectivity index is 2.01. The van der Waals surface area contributed by atoms with Crippen molar-refractivity contribution in [3.05, 3.63) is 52.8 Å². The molecule has 2 heterocycles. The van der Waals surface area contributed by atoms with Gasteiger partial charge in [-0.25, -0.2) is 9.97 Å². The zero-order chi connectivity index (χ0) is 14.1. The van der Waals surface area contributed by atoms with E-state index < -0.39 is 0 Å². The molecule has 100 valence electrons. The maximum Gasteiger partial charge on any atom is 0.219 e. The van der Waals surface area contributed by atoms with Gasteiger partial charge < -0.3 is 9.84 Å². The van der Waals surface area contributed by atoms with Gasteiger partial charge in [-0.15, -0.1) is 0 Å². The number of hydrogen-bond acceptors (Lipinski definition) is 4. The molecule has 0 aliphatic rings. The number of nitrogens with zero attached hydrogens (tertiary/aromatic N) is 2. The molecule has 0 spiro atoms. The molecule has 0 unspecified atom stereocenters. The van der Waals surface area contributed by atoms with E-state index >= 15 is 0 Å². The Morgan fingerprint density at radius 1 is 1.00 bits per heavy atom. The van der Waals surface area contributed by atoms with E-state index in [0.717, 1.165) is 0 Å². The number of aromatic nitrogens is 2. The summed E-state index contributed by atoms with van der Waals surface area (Å²) in [5, 5.41) is 11.0. The van der Waals surface area contributed by atoms with Crippen LogP contribution >= 0.6 is 23.2 Å². The second-order valence-corrected chi connectivity index (χ2v) is 4.83. The molecule has 1 N–H and O–H groups in total. The summed E-state index contributed by atoms with van der Waals surface area (Å²) in [5.74, 6) is 0.981. The maximum absolute atomic E-state index is 9.69. The minimum absolute atomic E-state index is 0.0231. The normalized spacial score (nSPS) is 10.7. The van der Waals surface area contributed by atoms with E-state index in [1.807, 2.05) is 0 Å². The van der Waals surface area contributed by atoms with Crippen LogP contribution in [-0.2, 0) is 0 Å². The summed E-state index contributed by atoms with van der Waals surface area (Å²) >= 11 is 11.8. The summed E-state index contributed by atoms with van der Waals surface area (Å²) in [6.07, 6.45) is 1.28. The number of rotatable bonds is 2. The van der Waals surface area contributed by atoms with Gasteiger partial charge in [0, 0.05) is 16.5 Å². The molecule has 0 fully saturated rings. The monoisotopic (exact) mass is 306 g/mol. The second-order valence-electron chi connectivity index (χ2n) is 4.04. The highest BCUT2D eigenvalue weighted by Gasteiger charge is 2.09. The quantitative estimate of drug-likeness (QED) is 0.711. The van der Waals surface area contributed by atoms with Gasteiger partial charge in [-0.2, -0.15) is 0 Å². The molecule has 4 nitrogen and oxygen atoms in total. The molecular weight excluding hydrogens is 299 g/mol. The molecule has 0 radical (unpaired) electrons. The van der Waals surface area contributed by atoms with Crippen LogP contribution in [-0.4, -0.2) is 15.1 Å². The molecular formula is C14H8Cl2N2O2. The fraction of sp³-hybridized carbons (Fsp3) is 0. The molecule has 0 aliphatic heterocycles. The first-order valence-electron chi connectivity index (χ1n) is 5.71. The average Bonchev–Trinajstić information content (AvgIpc) is 2.46. The third kappa shape index (κ3) is 2.48. The van der Waals surface area contributed by atoms with Gasteiger partial charge in [-0.1, -0.05) is 23.2 Å². The first-order valence-corrected chi connectivity index (χ1v) is 6.47. The van der Waals surface area contributed by atoms with Crippen molar-refractivity contribution in [2.45, 2.75) is 0 Å². The van der Waals surface area contributed by atoms with Crippen LogP contribution in [0.25, 0.3) is 10.9 Å². The predicted octanol–water partition coefficient (Wildman–Crippen LogP) is 4.43. The molecule has 0 saturated carbocycles. The topological polar surface area (TPSA) is 55.2 Å². The molecule has 0 amide bonds. The molecule has 0 bridgehead atoms. The van der Waals surface area contributed by atoms with Gasteiger partial charge in [0.2, 0.25) is 5.88 Å². The lowest BCUT2D eigenvalue weighted by Crippen LogP contribution is -1.90. The lowest BCUT2D eigenvalue weighted by atomic mass is 10.2. The van der Waals surface area contributed by atoms with E-state index in [4.69, 9.17) is 27.9 Å². The van der Waals surface area contributed by atoms with Crippen LogP contribution in [0.5, 0.6) is 17.4 Å². The van der Waals surface area contributed by atoms with Crippen molar-refractivity contribution in [2.24, 2.45) is 0 Å². The summed E-state index contributed by atoms with van der Waals surface area (Å²) in [4.78, 5) is 8.09. The largest absolute Gasteiger partial charge is 0.506 e. The second kappa shape index (κ2) is 5.15. The van der Waals surface area contributed by atoms with Gasteiger partial charge >= 0.3 is 0 Å². The smallest absolute Gasteiger partial charge is 0.219 e. The number of fused-ring (bicyclic) bond motifs is 1. The molecule has 0 aliphatic carbocycles. The van der Waals surface area contributed by atoms with Crippen LogP contribution in [0, 0.1) is 0 Å². The highest BCUT2D eigenvalue weighted by molar-refractivity contribution is 6.34. The summed E-state index contributed by atoms with van der Waals surface area (Å²) in [6.45, 7) is 0. The minimum atomic E-state index is 0.0231. The number of hydrogen-bond donors (Lipinski definition) is 1. The van der Waals surface area contributed by atoms with Crippen molar-refractivity contribution in [2.75, 3.05) is 0 Å². The predicted molar refractivity (Wildman–Crippen MR) is 77.7 cm³/mol. The summed E-state index contributed by atoms with van der Waals surface area (Å²) < 4.78 is 5.60. The van der Waals surface area contributed by atoms with Gasteiger partial charge in [-0.3, -0.25) is 0 Å². The third-order valence-corrected chi connectivity index (χ3v) is 3.21. The Morgan fingerprint density at radius 2 is 1.75 bits per heavy atom. The minimum Gasteiger partial charge on any atom is -0.506 e. The number of ether oxygens (including phenoxy) is 1. The molecule has 0 saturated heterocycles. The van der Waals surface area contributed by atoms with Crippen LogP contribution in [0.4, 0.5) is 0 Å². The van der Waals surface area contributed by atoms with Crippen molar-refractivity contribution in [3.8, 4) is 17.4 Å². The van der Waals surface area contributed by atoms with Gasteiger partial charge in [0.1, 0.15) is 17.0 Å². The van der Waals surface area contributed by atoms with Crippen LogP contribution in [0.1, 0.15) is 0 Å². The molecule has 20 heavy (non-hydrogen) atoms. The Kier molecular flexibility index (Phi) is 3.34. The van der Waals surface area contributed by atoms with E-state index in [-0.39, 0.29) is 10.9 Å². The average molecular weight is 307 g/mol. The summed E-state index contributed by atoms with van der Waals surface area (Å²) in [6, 6.07) is 10.2. The first kappa shape index (κ1) is 13.0. The number of halogens is 2. The molecule has 3 rings (SSSR count). The Morgan fingerprint density at radius 3 is 2.50 bits per heavy atom. The summed E-state index contributed by atoms with van der Waals surface area (Å²) in [7, 11) is 0.